The van der Waals surface area contributed by atoms with Gasteiger partial charge in [-0.15, -0.1) is 0 Å². The van der Waals surface area contributed by atoms with Gasteiger partial charge in [-0.05, 0) is 44.6 Å². The van der Waals surface area contributed by atoms with Gasteiger partial charge in [0.1, 0.15) is 5.60 Å². The molecule has 1 fully saturated rings. The maximum atomic E-state index is 12.6. The molecule has 0 saturated heterocycles. The zero-order valence-electron chi connectivity index (χ0n) is 13.6. The van der Waals surface area contributed by atoms with Crippen molar-refractivity contribution < 1.29 is 14.3 Å². The minimum atomic E-state index is -0.659. The molecule has 0 bridgehead atoms. The number of anilines is 1. The fourth-order valence-corrected chi connectivity index (χ4v) is 2.67. The average molecular weight is 306 g/mol. The SMILES string of the molecule is CCCOc1ccc(NC(=O)C2(OCCC)CCCC2)cn1. The molecular formula is C17H26N2O3. The zero-order chi connectivity index (χ0) is 15.8. The standard InChI is InChI=1S/C17H26N2O3/c1-3-11-21-15-8-7-14(13-18-15)19-16(20)17(22-12-4-2)9-5-6-10-17/h7-8,13H,3-6,9-12H2,1-2H3,(H,19,20). The van der Waals surface area contributed by atoms with E-state index in [0.717, 1.165) is 38.5 Å². The predicted molar refractivity (Wildman–Crippen MR) is 86.1 cm³/mol. The molecule has 0 aliphatic heterocycles. The Kier molecular flexibility index (Phi) is 6.19. The molecule has 1 aliphatic carbocycles. The third kappa shape index (κ3) is 4.19. The summed E-state index contributed by atoms with van der Waals surface area (Å²) in [4.78, 5) is 16.8. The number of amides is 1. The van der Waals surface area contributed by atoms with E-state index in [0.29, 0.717) is 24.8 Å². The summed E-state index contributed by atoms with van der Waals surface area (Å²) in [7, 11) is 0. The van der Waals surface area contributed by atoms with Crippen LogP contribution in [0.25, 0.3) is 0 Å². The molecule has 1 amide bonds. The van der Waals surface area contributed by atoms with E-state index in [1.54, 1.807) is 12.3 Å². The van der Waals surface area contributed by atoms with Crippen LogP contribution in [0.2, 0.25) is 0 Å². The number of pyridine rings is 1. The maximum Gasteiger partial charge on any atom is 0.256 e. The van der Waals surface area contributed by atoms with E-state index in [1.165, 1.54) is 0 Å². The van der Waals surface area contributed by atoms with Crippen molar-refractivity contribution in [2.24, 2.45) is 0 Å². The summed E-state index contributed by atoms with van der Waals surface area (Å²) in [5.74, 6) is 0.528. The van der Waals surface area contributed by atoms with Crippen molar-refractivity contribution in [3.05, 3.63) is 18.3 Å². The molecule has 0 radical (unpaired) electrons. The number of hydrogen-bond donors (Lipinski definition) is 1. The van der Waals surface area contributed by atoms with Crippen molar-refractivity contribution in [3.63, 3.8) is 0 Å². The molecule has 0 aromatic carbocycles. The highest BCUT2D eigenvalue weighted by atomic mass is 16.5. The molecule has 0 atom stereocenters. The van der Waals surface area contributed by atoms with Gasteiger partial charge in [0.2, 0.25) is 5.88 Å². The summed E-state index contributed by atoms with van der Waals surface area (Å²) >= 11 is 0. The van der Waals surface area contributed by atoms with Crippen LogP contribution in [0.3, 0.4) is 0 Å². The molecule has 22 heavy (non-hydrogen) atoms. The number of nitrogens with one attached hydrogen (secondary N) is 1. The van der Waals surface area contributed by atoms with Gasteiger partial charge in [0.15, 0.2) is 0 Å². The first-order chi connectivity index (χ1) is 10.7. The monoisotopic (exact) mass is 306 g/mol. The van der Waals surface area contributed by atoms with Crippen molar-refractivity contribution in [1.29, 1.82) is 0 Å². The molecule has 122 valence electrons. The van der Waals surface area contributed by atoms with E-state index >= 15 is 0 Å². The summed E-state index contributed by atoms with van der Waals surface area (Å²) in [6.45, 7) is 5.37. The Labute approximate surface area is 132 Å². The molecule has 1 aliphatic rings. The molecule has 5 heteroatoms. The van der Waals surface area contributed by atoms with Crippen molar-refractivity contribution in [3.8, 4) is 5.88 Å². The highest BCUT2D eigenvalue weighted by Crippen LogP contribution is 2.34. The first kappa shape index (κ1) is 16.7. The second kappa shape index (κ2) is 8.13. The van der Waals surface area contributed by atoms with Gasteiger partial charge in [0, 0.05) is 12.7 Å². The fraction of sp³-hybridized carbons (Fsp3) is 0.647. The van der Waals surface area contributed by atoms with Crippen LogP contribution >= 0.6 is 0 Å². The minimum absolute atomic E-state index is 0.0533. The Morgan fingerprint density at radius 1 is 1.23 bits per heavy atom. The lowest BCUT2D eigenvalue weighted by Gasteiger charge is -2.27. The Morgan fingerprint density at radius 2 is 1.95 bits per heavy atom. The molecule has 5 nitrogen and oxygen atoms in total. The number of hydrogen-bond acceptors (Lipinski definition) is 4. The van der Waals surface area contributed by atoms with Crippen LogP contribution in [0.1, 0.15) is 52.4 Å². The molecule has 1 saturated carbocycles. The van der Waals surface area contributed by atoms with Gasteiger partial charge < -0.3 is 14.8 Å². The second-order valence-electron chi connectivity index (χ2n) is 5.74. The van der Waals surface area contributed by atoms with Crippen LogP contribution in [-0.4, -0.2) is 29.7 Å². The number of carbonyl (C=O) groups excluding carboxylic acids is 1. The third-order valence-corrected chi connectivity index (χ3v) is 3.86. The van der Waals surface area contributed by atoms with Crippen molar-refractivity contribution in [2.75, 3.05) is 18.5 Å². The van der Waals surface area contributed by atoms with Crippen molar-refractivity contribution >= 4 is 11.6 Å². The van der Waals surface area contributed by atoms with Crippen LogP contribution in [0.15, 0.2) is 18.3 Å². The average Bonchev–Trinajstić information content (AvgIpc) is 3.02. The summed E-state index contributed by atoms with van der Waals surface area (Å²) < 4.78 is 11.3. The molecule has 1 aromatic rings. The van der Waals surface area contributed by atoms with E-state index in [4.69, 9.17) is 9.47 Å². The van der Waals surface area contributed by atoms with E-state index < -0.39 is 5.60 Å². The van der Waals surface area contributed by atoms with Gasteiger partial charge in [-0.1, -0.05) is 13.8 Å². The zero-order valence-corrected chi connectivity index (χ0v) is 13.6. The van der Waals surface area contributed by atoms with E-state index in [-0.39, 0.29) is 5.91 Å². The van der Waals surface area contributed by atoms with Crippen LogP contribution in [0, 0.1) is 0 Å². The maximum absolute atomic E-state index is 12.6. The van der Waals surface area contributed by atoms with E-state index in [2.05, 4.69) is 17.2 Å². The van der Waals surface area contributed by atoms with Gasteiger partial charge >= 0.3 is 0 Å². The predicted octanol–water partition coefficient (Wildman–Crippen LogP) is 3.55. The third-order valence-electron chi connectivity index (χ3n) is 3.86. The van der Waals surface area contributed by atoms with Gasteiger partial charge in [-0.25, -0.2) is 4.98 Å². The number of carbonyl (C=O) groups is 1. The van der Waals surface area contributed by atoms with E-state index in [9.17, 15) is 4.79 Å². The Bertz CT molecular complexity index is 467. The molecular weight excluding hydrogens is 280 g/mol. The largest absolute Gasteiger partial charge is 0.478 e. The highest BCUT2D eigenvalue weighted by molar-refractivity contribution is 5.97. The lowest BCUT2D eigenvalue weighted by Crippen LogP contribution is -2.43. The van der Waals surface area contributed by atoms with Gasteiger partial charge in [0.05, 0.1) is 18.5 Å². The number of nitrogens with zero attached hydrogens (tertiary/aromatic N) is 1. The normalized spacial score (nSPS) is 16.5. The molecule has 1 aromatic heterocycles. The Hall–Kier alpha value is -1.62. The molecule has 1 N–H and O–H groups in total. The molecule has 0 unspecified atom stereocenters. The van der Waals surface area contributed by atoms with Crippen molar-refractivity contribution in [1.82, 2.24) is 4.98 Å². The molecule has 0 spiro atoms. The quantitative estimate of drug-likeness (QED) is 0.798. The first-order valence-electron chi connectivity index (χ1n) is 8.24. The summed E-state index contributed by atoms with van der Waals surface area (Å²) in [6, 6.07) is 3.60. The summed E-state index contributed by atoms with van der Waals surface area (Å²) in [6.07, 6.45) is 7.16. The second-order valence-corrected chi connectivity index (χ2v) is 5.74. The topological polar surface area (TPSA) is 60.5 Å². The lowest BCUT2D eigenvalue weighted by atomic mass is 10.0. The van der Waals surface area contributed by atoms with Crippen molar-refractivity contribution in [2.45, 2.75) is 58.0 Å². The Balaban J connectivity index is 1.97. The molecule has 2 rings (SSSR count). The highest BCUT2D eigenvalue weighted by Gasteiger charge is 2.42. The van der Waals surface area contributed by atoms with Crippen LogP contribution in [-0.2, 0) is 9.53 Å². The number of rotatable bonds is 8. The lowest BCUT2D eigenvalue weighted by molar-refractivity contribution is -0.140. The minimum Gasteiger partial charge on any atom is -0.478 e. The Morgan fingerprint density at radius 3 is 2.55 bits per heavy atom. The summed E-state index contributed by atoms with van der Waals surface area (Å²) in [5.41, 5.74) is 0.0214. The fourth-order valence-electron chi connectivity index (χ4n) is 2.67. The van der Waals surface area contributed by atoms with Gasteiger partial charge in [-0.3, -0.25) is 4.79 Å². The van der Waals surface area contributed by atoms with Gasteiger partial charge in [0.25, 0.3) is 5.91 Å². The van der Waals surface area contributed by atoms with Gasteiger partial charge in [-0.2, -0.15) is 0 Å². The van der Waals surface area contributed by atoms with Crippen LogP contribution in [0.4, 0.5) is 5.69 Å². The number of aromatic nitrogens is 1. The van der Waals surface area contributed by atoms with E-state index in [1.807, 2.05) is 13.0 Å². The number of ether oxygens (including phenoxy) is 2. The summed E-state index contributed by atoms with van der Waals surface area (Å²) in [5, 5.41) is 2.93. The molecule has 1 heterocycles. The van der Waals surface area contributed by atoms with Crippen LogP contribution in [0.5, 0.6) is 5.88 Å². The van der Waals surface area contributed by atoms with Crippen LogP contribution < -0.4 is 10.1 Å². The first-order valence-corrected chi connectivity index (χ1v) is 8.24. The smallest absolute Gasteiger partial charge is 0.256 e.